The van der Waals surface area contributed by atoms with Gasteiger partial charge in [0.2, 0.25) is 0 Å². The number of carbonyl (C=O) groups is 1. The van der Waals surface area contributed by atoms with E-state index in [1.165, 1.54) is 24.3 Å². The minimum Gasteiger partial charge on any atom is -0.487 e. The van der Waals surface area contributed by atoms with Crippen molar-refractivity contribution in [3.8, 4) is 11.5 Å². The SMILES string of the molecule is CC1CN(C(=O)COc2ccc([N+](=O)[O-])cc2)c2ccccc2O1. The van der Waals surface area contributed by atoms with E-state index in [1.54, 1.807) is 4.90 Å². The van der Waals surface area contributed by atoms with Gasteiger partial charge in [-0.25, -0.2) is 0 Å². The van der Waals surface area contributed by atoms with E-state index in [-0.39, 0.29) is 24.3 Å². The molecule has 2 aromatic rings. The van der Waals surface area contributed by atoms with Crippen molar-refractivity contribution >= 4 is 17.3 Å². The summed E-state index contributed by atoms with van der Waals surface area (Å²) in [5.41, 5.74) is 0.692. The van der Waals surface area contributed by atoms with Crippen LogP contribution in [0.3, 0.4) is 0 Å². The molecule has 7 nitrogen and oxygen atoms in total. The van der Waals surface area contributed by atoms with Crippen LogP contribution in [-0.2, 0) is 4.79 Å². The summed E-state index contributed by atoms with van der Waals surface area (Å²) in [7, 11) is 0. The maximum Gasteiger partial charge on any atom is 0.269 e. The van der Waals surface area contributed by atoms with Gasteiger partial charge in [-0.2, -0.15) is 0 Å². The van der Waals surface area contributed by atoms with Crippen LogP contribution in [-0.4, -0.2) is 30.1 Å². The predicted molar refractivity (Wildman–Crippen MR) is 87.5 cm³/mol. The van der Waals surface area contributed by atoms with Crippen molar-refractivity contribution in [3.63, 3.8) is 0 Å². The van der Waals surface area contributed by atoms with Crippen molar-refractivity contribution in [2.75, 3.05) is 18.1 Å². The number of rotatable bonds is 4. The molecule has 0 saturated heterocycles. The Morgan fingerprint density at radius 3 is 2.71 bits per heavy atom. The number of hydrogen-bond acceptors (Lipinski definition) is 5. The van der Waals surface area contributed by atoms with Gasteiger partial charge >= 0.3 is 0 Å². The van der Waals surface area contributed by atoms with Gasteiger partial charge in [0.05, 0.1) is 17.2 Å². The zero-order valence-corrected chi connectivity index (χ0v) is 13.0. The summed E-state index contributed by atoms with van der Waals surface area (Å²) in [6.07, 6.45) is -0.108. The van der Waals surface area contributed by atoms with Crippen LogP contribution in [0.4, 0.5) is 11.4 Å². The minimum atomic E-state index is -0.485. The molecule has 1 amide bonds. The average molecular weight is 328 g/mol. The molecular weight excluding hydrogens is 312 g/mol. The molecule has 1 unspecified atom stereocenters. The molecule has 3 rings (SSSR count). The fraction of sp³-hybridized carbons (Fsp3) is 0.235. The lowest BCUT2D eigenvalue weighted by molar-refractivity contribution is -0.384. The molecule has 0 N–H and O–H groups in total. The molecule has 0 spiro atoms. The number of anilines is 1. The van der Waals surface area contributed by atoms with E-state index in [2.05, 4.69) is 0 Å². The summed E-state index contributed by atoms with van der Waals surface area (Å²) in [6, 6.07) is 13.0. The Kier molecular flexibility index (Phi) is 4.33. The molecule has 0 saturated carbocycles. The smallest absolute Gasteiger partial charge is 0.269 e. The molecule has 1 aliphatic heterocycles. The lowest BCUT2D eigenvalue weighted by Crippen LogP contribution is -2.44. The third kappa shape index (κ3) is 3.29. The van der Waals surface area contributed by atoms with Gasteiger partial charge in [0, 0.05) is 12.1 Å². The molecule has 124 valence electrons. The minimum absolute atomic E-state index is 0.0235. The van der Waals surface area contributed by atoms with Crippen LogP contribution in [0, 0.1) is 10.1 Å². The number of carbonyl (C=O) groups excluding carboxylic acids is 1. The molecule has 1 atom stereocenters. The first-order valence-corrected chi connectivity index (χ1v) is 7.48. The normalized spacial score (nSPS) is 16.0. The number of amides is 1. The van der Waals surface area contributed by atoms with Crippen molar-refractivity contribution in [1.29, 1.82) is 0 Å². The van der Waals surface area contributed by atoms with Crippen molar-refractivity contribution < 1.29 is 19.2 Å². The number of hydrogen-bond donors (Lipinski definition) is 0. The molecule has 0 fully saturated rings. The van der Waals surface area contributed by atoms with Crippen LogP contribution in [0.25, 0.3) is 0 Å². The quantitative estimate of drug-likeness (QED) is 0.637. The summed E-state index contributed by atoms with van der Waals surface area (Å²) < 4.78 is 11.2. The van der Waals surface area contributed by atoms with E-state index in [9.17, 15) is 14.9 Å². The molecule has 0 aliphatic carbocycles. The number of para-hydroxylation sites is 2. The molecule has 7 heteroatoms. The summed E-state index contributed by atoms with van der Waals surface area (Å²) in [5.74, 6) is 0.874. The van der Waals surface area contributed by atoms with Gasteiger partial charge in [-0.1, -0.05) is 12.1 Å². The summed E-state index contributed by atoms with van der Waals surface area (Å²) in [6.45, 7) is 2.19. The largest absolute Gasteiger partial charge is 0.487 e. The summed E-state index contributed by atoms with van der Waals surface area (Å²) in [5, 5.41) is 10.6. The highest BCUT2D eigenvalue weighted by Crippen LogP contribution is 2.33. The van der Waals surface area contributed by atoms with Crippen LogP contribution in [0.1, 0.15) is 6.92 Å². The van der Waals surface area contributed by atoms with Crippen molar-refractivity contribution in [2.45, 2.75) is 13.0 Å². The molecule has 0 radical (unpaired) electrons. The lowest BCUT2D eigenvalue weighted by Gasteiger charge is -2.33. The van der Waals surface area contributed by atoms with Gasteiger partial charge in [-0.05, 0) is 31.2 Å². The van der Waals surface area contributed by atoms with Gasteiger partial charge in [0.25, 0.3) is 11.6 Å². The Bertz CT molecular complexity index is 760. The Morgan fingerprint density at radius 1 is 1.29 bits per heavy atom. The highest BCUT2D eigenvalue weighted by atomic mass is 16.6. The highest BCUT2D eigenvalue weighted by molar-refractivity contribution is 5.96. The first-order chi connectivity index (χ1) is 11.5. The number of ether oxygens (including phenoxy) is 2. The third-order valence-corrected chi connectivity index (χ3v) is 3.63. The fourth-order valence-corrected chi connectivity index (χ4v) is 2.51. The Balaban J connectivity index is 1.68. The number of nitro groups is 1. The fourth-order valence-electron chi connectivity index (χ4n) is 2.51. The van der Waals surface area contributed by atoms with Crippen LogP contribution < -0.4 is 14.4 Å². The predicted octanol–water partition coefficient (Wildman–Crippen LogP) is 2.79. The first-order valence-electron chi connectivity index (χ1n) is 7.48. The van der Waals surface area contributed by atoms with E-state index in [0.717, 1.165) is 0 Å². The third-order valence-electron chi connectivity index (χ3n) is 3.63. The maximum atomic E-state index is 12.5. The lowest BCUT2D eigenvalue weighted by atomic mass is 10.2. The maximum absolute atomic E-state index is 12.5. The zero-order valence-electron chi connectivity index (χ0n) is 13.0. The van der Waals surface area contributed by atoms with E-state index in [1.807, 2.05) is 31.2 Å². The van der Waals surface area contributed by atoms with Crippen molar-refractivity contribution in [1.82, 2.24) is 0 Å². The second-order valence-corrected chi connectivity index (χ2v) is 5.44. The van der Waals surface area contributed by atoms with Crippen molar-refractivity contribution in [2.24, 2.45) is 0 Å². The Hall–Kier alpha value is -3.09. The topological polar surface area (TPSA) is 81.9 Å². The average Bonchev–Trinajstić information content (AvgIpc) is 2.59. The molecule has 0 aromatic heterocycles. The van der Waals surface area contributed by atoms with Gasteiger partial charge in [0.15, 0.2) is 6.61 Å². The molecule has 1 aliphatic rings. The second kappa shape index (κ2) is 6.57. The van der Waals surface area contributed by atoms with Gasteiger partial charge in [-0.15, -0.1) is 0 Å². The first kappa shape index (κ1) is 15.8. The number of non-ortho nitro benzene ring substituents is 1. The molecule has 2 aromatic carbocycles. The van der Waals surface area contributed by atoms with E-state index in [0.29, 0.717) is 23.7 Å². The van der Waals surface area contributed by atoms with Crippen LogP contribution >= 0.6 is 0 Å². The molecule has 0 bridgehead atoms. The van der Waals surface area contributed by atoms with Gasteiger partial charge in [0.1, 0.15) is 17.6 Å². The van der Waals surface area contributed by atoms with Gasteiger partial charge in [-0.3, -0.25) is 14.9 Å². The highest BCUT2D eigenvalue weighted by Gasteiger charge is 2.27. The summed E-state index contributed by atoms with van der Waals surface area (Å²) in [4.78, 5) is 24.3. The molecular formula is C17H16N2O5. The van der Waals surface area contributed by atoms with Crippen molar-refractivity contribution in [3.05, 3.63) is 58.6 Å². The van der Waals surface area contributed by atoms with Crippen LogP contribution in [0.5, 0.6) is 11.5 Å². The second-order valence-electron chi connectivity index (χ2n) is 5.44. The van der Waals surface area contributed by atoms with E-state index >= 15 is 0 Å². The van der Waals surface area contributed by atoms with Gasteiger partial charge < -0.3 is 14.4 Å². The Labute approximate surface area is 138 Å². The van der Waals surface area contributed by atoms with Crippen LogP contribution in [0.2, 0.25) is 0 Å². The standard InChI is InChI=1S/C17H16N2O5/c1-12-10-18(15-4-2-3-5-16(15)24-12)17(20)11-23-14-8-6-13(7-9-14)19(21)22/h2-9,12H,10-11H2,1H3. The number of benzene rings is 2. The number of nitro benzene ring substituents is 1. The molecule has 24 heavy (non-hydrogen) atoms. The van der Waals surface area contributed by atoms with E-state index in [4.69, 9.17) is 9.47 Å². The number of nitrogens with zero attached hydrogens (tertiary/aromatic N) is 2. The van der Waals surface area contributed by atoms with E-state index < -0.39 is 4.92 Å². The Morgan fingerprint density at radius 2 is 2.00 bits per heavy atom. The molecule has 1 heterocycles. The number of fused-ring (bicyclic) bond motifs is 1. The zero-order chi connectivity index (χ0) is 17.1. The van der Waals surface area contributed by atoms with Crippen LogP contribution in [0.15, 0.2) is 48.5 Å². The monoisotopic (exact) mass is 328 g/mol. The summed E-state index contributed by atoms with van der Waals surface area (Å²) >= 11 is 0.